The fraction of sp³-hybridized carbons (Fsp3) is 0.550. The molecule has 4 rings (SSSR count). The third-order valence-corrected chi connectivity index (χ3v) is 5.64. The number of carbonyl (C=O) groups is 1. The molecule has 2 N–H and O–H groups in total. The van der Waals surface area contributed by atoms with Gasteiger partial charge in [0.2, 0.25) is 17.6 Å². The van der Waals surface area contributed by atoms with Gasteiger partial charge in [-0.2, -0.15) is 4.98 Å². The molecule has 1 aromatic carbocycles. The van der Waals surface area contributed by atoms with Gasteiger partial charge in [0.05, 0.1) is 6.54 Å². The number of amides is 1. The van der Waals surface area contributed by atoms with Crippen LogP contribution in [-0.4, -0.2) is 58.1 Å². The molecular formula is C20H27N5O2. The van der Waals surface area contributed by atoms with E-state index >= 15 is 0 Å². The van der Waals surface area contributed by atoms with Gasteiger partial charge >= 0.3 is 0 Å². The Morgan fingerprint density at radius 1 is 1.19 bits per heavy atom. The van der Waals surface area contributed by atoms with Crippen LogP contribution >= 0.6 is 0 Å². The Labute approximate surface area is 159 Å². The molecule has 2 aliphatic rings. The molecule has 2 unspecified atom stereocenters. The molecule has 27 heavy (non-hydrogen) atoms. The number of benzene rings is 1. The van der Waals surface area contributed by atoms with Crippen LogP contribution in [0.1, 0.15) is 30.7 Å². The van der Waals surface area contributed by atoms with Gasteiger partial charge in [0.25, 0.3) is 0 Å². The molecule has 0 radical (unpaired) electrons. The lowest BCUT2D eigenvalue weighted by Crippen LogP contribution is -2.49. The molecule has 2 atom stereocenters. The standard InChI is InChI=1S/C20H27N5O2/c1-14-2-4-15(5-3-14)19-22-18(27-23-19)13-24-8-10-25(11-9-24)20(26)16-6-7-17(21)12-16/h2-5,16-17H,6-13,21H2,1H3. The van der Waals surface area contributed by atoms with Gasteiger partial charge in [-0.15, -0.1) is 0 Å². The molecule has 1 aliphatic heterocycles. The summed E-state index contributed by atoms with van der Waals surface area (Å²) in [4.78, 5) is 21.4. The molecule has 1 saturated heterocycles. The molecule has 144 valence electrons. The first kappa shape index (κ1) is 18.1. The van der Waals surface area contributed by atoms with E-state index in [0.717, 1.165) is 51.0 Å². The Morgan fingerprint density at radius 2 is 1.93 bits per heavy atom. The summed E-state index contributed by atoms with van der Waals surface area (Å²) in [6.07, 6.45) is 2.74. The first-order valence-corrected chi connectivity index (χ1v) is 9.75. The minimum Gasteiger partial charge on any atom is -0.340 e. The Bertz CT molecular complexity index is 780. The predicted molar refractivity (Wildman–Crippen MR) is 102 cm³/mol. The van der Waals surface area contributed by atoms with Crippen LogP contribution in [0, 0.1) is 12.8 Å². The summed E-state index contributed by atoms with van der Waals surface area (Å²) in [5.41, 5.74) is 8.11. The Balaban J connectivity index is 1.29. The number of hydrogen-bond donors (Lipinski definition) is 1. The number of nitrogens with two attached hydrogens (primary N) is 1. The SMILES string of the molecule is Cc1ccc(-c2noc(CN3CCN(C(=O)C4CCC(N)C4)CC3)n2)cc1. The smallest absolute Gasteiger partial charge is 0.241 e. The van der Waals surface area contributed by atoms with Gasteiger partial charge < -0.3 is 15.2 Å². The quantitative estimate of drug-likeness (QED) is 0.884. The van der Waals surface area contributed by atoms with Gasteiger partial charge in [0.15, 0.2) is 0 Å². The average Bonchev–Trinajstić information content (AvgIpc) is 3.32. The average molecular weight is 369 g/mol. The van der Waals surface area contributed by atoms with Gasteiger partial charge in [-0.05, 0) is 26.2 Å². The van der Waals surface area contributed by atoms with Crippen molar-refractivity contribution < 1.29 is 9.32 Å². The third kappa shape index (κ3) is 4.20. The minimum absolute atomic E-state index is 0.125. The van der Waals surface area contributed by atoms with Crippen LogP contribution in [-0.2, 0) is 11.3 Å². The van der Waals surface area contributed by atoms with E-state index in [1.54, 1.807) is 0 Å². The van der Waals surface area contributed by atoms with Crippen LogP contribution in [0.5, 0.6) is 0 Å². The highest BCUT2D eigenvalue weighted by Crippen LogP contribution is 2.26. The number of piperazine rings is 1. The molecule has 2 aromatic rings. The summed E-state index contributed by atoms with van der Waals surface area (Å²) in [6.45, 7) is 5.83. The minimum atomic E-state index is 0.125. The van der Waals surface area contributed by atoms with E-state index in [1.165, 1.54) is 5.56 Å². The summed E-state index contributed by atoms with van der Waals surface area (Å²) < 4.78 is 5.42. The van der Waals surface area contributed by atoms with Crippen LogP contribution in [0.4, 0.5) is 0 Å². The maximum absolute atomic E-state index is 12.6. The van der Waals surface area contributed by atoms with Crippen molar-refractivity contribution in [2.75, 3.05) is 26.2 Å². The molecule has 1 saturated carbocycles. The van der Waals surface area contributed by atoms with Crippen LogP contribution in [0.15, 0.2) is 28.8 Å². The maximum Gasteiger partial charge on any atom is 0.241 e. The van der Waals surface area contributed by atoms with Crippen molar-refractivity contribution in [3.63, 3.8) is 0 Å². The molecule has 7 heteroatoms. The summed E-state index contributed by atoms with van der Waals surface area (Å²) in [7, 11) is 0. The molecule has 1 amide bonds. The zero-order chi connectivity index (χ0) is 18.8. The van der Waals surface area contributed by atoms with E-state index in [-0.39, 0.29) is 17.9 Å². The summed E-state index contributed by atoms with van der Waals surface area (Å²) >= 11 is 0. The molecule has 0 spiro atoms. The van der Waals surface area contributed by atoms with E-state index in [2.05, 4.69) is 22.0 Å². The van der Waals surface area contributed by atoms with Crippen LogP contribution < -0.4 is 5.73 Å². The number of hydrogen-bond acceptors (Lipinski definition) is 6. The fourth-order valence-electron chi connectivity index (χ4n) is 3.96. The zero-order valence-corrected chi connectivity index (χ0v) is 15.8. The highest BCUT2D eigenvalue weighted by Gasteiger charge is 2.32. The lowest BCUT2D eigenvalue weighted by molar-refractivity contribution is -0.137. The monoisotopic (exact) mass is 369 g/mol. The molecule has 1 aromatic heterocycles. The second-order valence-electron chi connectivity index (χ2n) is 7.75. The molecule has 2 fully saturated rings. The van der Waals surface area contributed by atoms with E-state index in [4.69, 9.17) is 10.3 Å². The molecule has 1 aliphatic carbocycles. The Hall–Kier alpha value is -2.25. The number of nitrogens with zero attached hydrogens (tertiary/aromatic N) is 4. The van der Waals surface area contributed by atoms with Gasteiger partial charge in [-0.3, -0.25) is 9.69 Å². The summed E-state index contributed by atoms with van der Waals surface area (Å²) in [6, 6.07) is 8.28. The molecular weight excluding hydrogens is 342 g/mol. The van der Waals surface area contributed by atoms with E-state index < -0.39 is 0 Å². The first-order chi connectivity index (χ1) is 13.1. The lowest BCUT2D eigenvalue weighted by Gasteiger charge is -2.35. The van der Waals surface area contributed by atoms with Crippen molar-refractivity contribution in [1.82, 2.24) is 19.9 Å². The third-order valence-electron chi connectivity index (χ3n) is 5.64. The number of aryl methyl sites for hydroxylation is 1. The largest absolute Gasteiger partial charge is 0.340 e. The second kappa shape index (κ2) is 7.78. The van der Waals surface area contributed by atoms with E-state index in [9.17, 15) is 4.79 Å². The number of rotatable bonds is 4. The van der Waals surface area contributed by atoms with Crippen molar-refractivity contribution in [2.24, 2.45) is 11.7 Å². The van der Waals surface area contributed by atoms with E-state index in [1.807, 2.05) is 29.2 Å². The number of carbonyl (C=O) groups excluding carboxylic acids is 1. The Morgan fingerprint density at radius 3 is 2.59 bits per heavy atom. The van der Waals surface area contributed by atoms with Crippen molar-refractivity contribution >= 4 is 5.91 Å². The second-order valence-corrected chi connectivity index (χ2v) is 7.75. The number of aromatic nitrogens is 2. The van der Waals surface area contributed by atoms with Crippen molar-refractivity contribution in [1.29, 1.82) is 0 Å². The van der Waals surface area contributed by atoms with Gasteiger partial charge in [0, 0.05) is 43.7 Å². The Kier molecular flexibility index (Phi) is 5.22. The van der Waals surface area contributed by atoms with Crippen molar-refractivity contribution in [3.8, 4) is 11.4 Å². The van der Waals surface area contributed by atoms with Gasteiger partial charge in [-0.1, -0.05) is 35.0 Å². The first-order valence-electron chi connectivity index (χ1n) is 9.75. The molecule has 7 nitrogen and oxygen atoms in total. The normalized spacial score (nSPS) is 23.7. The summed E-state index contributed by atoms with van der Waals surface area (Å²) in [5, 5.41) is 4.10. The highest BCUT2D eigenvalue weighted by molar-refractivity contribution is 5.79. The maximum atomic E-state index is 12.6. The zero-order valence-electron chi connectivity index (χ0n) is 15.8. The lowest BCUT2D eigenvalue weighted by atomic mass is 10.1. The summed E-state index contributed by atoms with van der Waals surface area (Å²) in [5.74, 6) is 1.64. The topological polar surface area (TPSA) is 88.5 Å². The van der Waals surface area contributed by atoms with Gasteiger partial charge in [-0.25, -0.2) is 0 Å². The molecule has 0 bridgehead atoms. The predicted octanol–water partition coefficient (Wildman–Crippen LogP) is 1.82. The fourth-order valence-corrected chi connectivity index (χ4v) is 3.96. The van der Waals surface area contributed by atoms with Crippen LogP contribution in [0.3, 0.4) is 0 Å². The van der Waals surface area contributed by atoms with Gasteiger partial charge in [0.1, 0.15) is 0 Å². The van der Waals surface area contributed by atoms with Crippen molar-refractivity contribution in [2.45, 2.75) is 38.8 Å². The van der Waals surface area contributed by atoms with E-state index in [0.29, 0.717) is 18.3 Å². The van der Waals surface area contributed by atoms with Crippen LogP contribution in [0.2, 0.25) is 0 Å². The molecule has 2 heterocycles. The van der Waals surface area contributed by atoms with Crippen molar-refractivity contribution in [3.05, 3.63) is 35.7 Å². The van der Waals surface area contributed by atoms with Crippen LogP contribution in [0.25, 0.3) is 11.4 Å². The highest BCUT2D eigenvalue weighted by atomic mass is 16.5.